The van der Waals surface area contributed by atoms with Crippen molar-refractivity contribution in [2.24, 2.45) is 0 Å². The third-order valence-electron chi connectivity index (χ3n) is 0. The zero-order valence-corrected chi connectivity index (χ0v) is 6.87. The van der Waals surface area contributed by atoms with Gasteiger partial charge in [-0.1, -0.05) is 0 Å². The monoisotopic (exact) mass is 168 g/mol. The Bertz CT molecular complexity index is 32.6. The zero-order valence-electron chi connectivity index (χ0n) is 3.41. The predicted molar refractivity (Wildman–Crippen MR) is 20.8 cm³/mol. The van der Waals surface area contributed by atoms with Gasteiger partial charge in [-0.2, -0.15) is 0 Å². The molecule has 0 radical (unpaired) electrons. The summed E-state index contributed by atoms with van der Waals surface area (Å²) in [6.45, 7) is 3.43. The van der Waals surface area contributed by atoms with Crippen LogP contribution in [0.3, 0.4) is 0 Å². The molecule has 0 N–H and O–H groups in total. The molecule has 0 aliphatic heterocycles. The van der Waals surface area contributed by atoms with Gasteiger partial charge < -0.3 is 4.57 Å². The third-order valence-corrected chi connectivity index (χ3v) is 0. The molecule has 0 aromatic rings. The van der Waals surface area contributed by atoms with E-state index in [2.05, 4.69) is 0 Å². The first-order valence-electron chi connectivity index (χ1n) is 1.20. The van der Waals surface area contributed by atoms with Gasteiger partial charge in [0, 0.05) is 26.2 Å². The second-order valence-corrected chi connectivity index (χ2v) is 2.72. The topological polar surface area (TPSA) is 17.1 Å². The summed E-state index contributed by atoms with van der Waals surface area (Å²) < 4.78 is 9.63. The van der Waals surface area contributed by atoms with Crippen LogP contribution in [-0.4, -0.2) is 13.3 Å². The van der Waals surface area contributed by atoms with Crippen LogP contribution in [0, 0.1) is 0 Å². The molecular formula is C2H7OPZr. The molecule has 0 aromatic heterocycles. The largest absolute Gasteiger partial charge is 0.327 e. The van der Waals surface area contributed by atoms with Crippen molar-refractivity contribution in [3.63, 3.8) is 0 Å². The average Bonchev–Trinajstić information content (AvgIpc) is 0.811. The molecule has 0 saturated heterocycles. The van der Waals surface area contributed by atoms with E-state index < -0.39 is 7.80 Å². The van der Waals surface area contributed by atoms with Gasteiger partial charge in [0.25, 0.3) is 0 Å². The van der Waals surface area contributed by atoms with Crippen LogP contribution in [0.25, 0.3) is 0 Å². The van der Waals surface area contributed by atoms with Gasteiger partial charge in [0.15, 0.2) is 0 Å². The molecule has 0 bridgehead atoms. The summed E-state index contributed by atoms with van der Waals surface area (Å²) >= 11 is 0. The maximum atomic E-state index is 9.63. The first-order chi connectivity index (χ1) is 1.73. The van der Waals surface area contributed by atoms with Crippen molar-refractivity contribution >= 4 is 7.80 Å². The Kier molecular flexibility index (Phi) is 9.66. The molecule has 0 aliphatic carbocycles. The second-order valence-electron chi connectivity index (χ2n) is 0.908. The van der Waals surface area contributed by atoms with E-state index in [1.54, 1.807) is 13.3 Å². The Balaban J connectivity index is 0. The van der Waals surface area contributed by atoms with E-state index >= 15 is 0 Å². The molecule has 0 amide bonds. The Morgan fingerprint density at radius 3 is 1.40 bits per heavy atom. The summed E-state index contributed by atoms with van der Waals surface area (Å²) in [5.41, 5.74) is 0. The quantitative estimate of drug-likeness (QED) is 0.490. The average molecular weight is 169 g/mol. The Hall–Kier alpha value is 1.11. The summed E-state index contributed by atoms with van der Waals surface area (Å²) in [5, 5.41) is 0. The molecule has 5 heavy (non-hydrogen) atoms. The fourth-order valence-electron chi connectivity index (χ4n) is 0. The van der Waals surface area contributed by atoms with Crippen molar-refractivity contribution in [3.05, 3.63) is 0 Å². The SMILES string of the molecule is C[PH](C)=O.[Zr]. The van der Waals surface area contributed by atoms with Crippen molar-refractivity contribution in [2.75, 3.05) is 13.3 Å². The van der Waals surface area contributed by atoms with Crippen LogP contribution in [0.4, 0.5) is 0 Å². The predicted octanol–water partition coefficient (Wildman–Crippen LogP) is 0.803. The molecule has 0 rings (SSSR count). The standard InChI is InChI=1S/C2H7OP.Zr/c1-4(2)3;/h4H,1-2H3;. The third kappa shape index (κ3) is 40.0. The van der Waals surface area contributed by atoms with Crippen molar-refractivity contribution < 1.29 is 30.8 Å². The molecule has 0 aromatic carbocycles. The molecule has 1 nitrogen and oxygen atoms in total. The smallest absolute Gasteiger partial charge is 0.0703 e. The molecule has 0 aliphatic rings. The first-order valence-corrected chi connectivity index (χ1v) is 3.61. The maximum Gasteiger partial charge on any atom is 0.0703 e. The van der Waals surface area contributed by atoms with Gasteiger partial charge >= 0.3 is 0 Å². The van der Waals surface area contributed by atoms with Gasteiger partial charge in [-0.25, -0.2) is 0 Å². The summed E-state index contributed by atoms with van der Waals surface area (Å²) in [5.74, 6) is 0. The van der Waals surface area contributed by atoms with Crippen molar-refractivity contribution in [3.8, 4) is 0 Å². The van der Waals surface area contributed by atoms with E-state index in [0.717, 1.165) is 0 Å². The van der Waals surface area contributed by atoms with Crippen LogP contribution in [-0.2, 0) is 30.8 Å². The molecule has 0 heterocycles. The van der Waals surface area contributed by atoms with Crippen LogP contribution in [0.5, 0.6) is 0 Å². The van der Waals surface area contributed by atoms with Crippen LogP contribution in [0.2, 0.25) is 0 Å². The fourth-order valence-corrected chi connectivity index (χ4v) is 0. The number of rotatable bonds is 0. The van der Waals surface area contributed by atoms with Crippen molar-refractivity contribution in [1.82, 2.24) is 0 Å². The van der Waals surface area contributed by atoms with Crippen LogP contribution in [0.15, 0.2) is 0 Å². The minimum Gasteiger partial charge on any atom is -0.327 e. The normalized spacial score (nSPS) is 7.00. The first kappa shape index (κ1) is 9.45. The van der Waals surface area contributed by atoms with Gasteiger partial charge in [0.1, 0.15) is 0 Å². The minimum absolute atomic E-state index is 0. The van der Waals surface area contributed by atoms with Gasteiger partial charge in [-0.05, 0) is 13.3 Å². The van der Waals surface area contributed by atoms with E-state index in [4.69, 9.17) is 0 Å². The Morgan fingerprint density at radius 2 is 1.40 bits per heavy atom. The van der Waals surface area contributed by atoms with Crippen molar-refractivity contribution in [2.45, 2.75) is 0 Å². The molecule has 3 heteroatoms. The molecule has 30 valence electrons. The zero-order chi connectivity index (χ0) is 3.58. The van der Waals surface area contributed by atoms with E-state index in [1.807, 2.05) is 0 Å². The minimum atomic E-state index is -1.13. The van der Waals surface area contributed by atoms with Gasteiger partial charge in [0.05, 0.1) is 7.80 Å². The van der Waals surface area contributed by atoms with E-state index in [-0.39, 0.29) is 26.2 Å². The fraction of sp³-hybridized carbons (Fsp3) is 1.00. The van der Waals surface area contributed by atoms with Crippen molar-refractivity contribution in [1.29, 1.82) is 0 Å². The summed E-state index contributed by atoms with van der Waals surface area (Å²) in [6.07, 6.45) is 0. The number of hydrogen-bond donors (Lipinski definition) is 0. The van der Waals surface area contributed by atoms with E-state index in [0.29, 0.717) is 0 Å². The molecule has 0 saturated carbocycles. The van der Waals surface area contributed by atoms with Crippen LogP contribution >= 0.6 is 7.80 Å². The van der Waals surface area contributed by atoms with Crippen LogP contribution < -0.4 is 0 Å². The second kappa shape index (κ2) is 5.11. The van der Waals surface area contributed by atoms with Gasteiger partial charge in [0.2, 0.25) is 0 Å². The number of hydrogen-bond acceptors (Lipinski definition) is 1. The van der Waals surface area contributed by atoms with Gasteiger partial charge in [-0.15, -0.1) is 0 Å². The van der Waals surface area contributed by atoms with E-state index in [9.17, 15) is 4.57 Å². The summed E-state index contributed by atoms with van der Waals surface area (Å²) in [7, 11) is -1.13. The summed E-state index contributed by atoms with van der Waals surface area (Å²) in [6, 6.07) is 0. The summed E-state index contributed by atoms with van der Waals surface area (Å²) in [4.78, 5) is 0. The Morgan fingerprint density at radius 1 is 1.40 bits per heavy atom. The molecular weight excluding hydrogens is 162 g/mol. The van der Waals surface area contributed by atoms with Gasteiger partial charge in [-0.3, -0.25) is 0 Å². The molecule has 0 unspecified atom stereocenters. The maximum absolute atomic E-state index is 9.63. The molecule has 0 atom stereocenters. The molecule has 0 fully saturated rings. The van der Waals surface area contributed by atoms with Crippen LogP contribution in [0.1, 0.15) is 0 Å². The Labute approximate surface area is 52.1 Å². The molecule has 0 spiro atoms. The van der Waals surface area contributed by atoms with E-state index in [1.165, 1.54) is 0 Å².